The molecule has 1 fully saturated rings. The van der Waals surface area contributed by atoms with Crippen molar-refractivity contribution in [1.82, 2.24) is 14.8 Å². The fourth-order valence-electron chi connectivity index (χ4n) is 4.60. The monoisotopic (exact) mass is 464 g/mol. The number of halogens is 1. The number of carbonyl (C=O) groups is 1. The molecule has 2 heterocycles. The van der Waals surface area contributed by atoms with Crippen molar-refractivity contribution in [3.8, 4) is 5.75 Å². The molecule has 2 aromatic carbocycles. The lowest BCUT2D eigenvalue weighted by atomic mass is 10.1. The minimum absolute atomic E-state index is 0.343. The van der Waals surface area contributed by atoms with Gasteiger partial charge in [0.15, 0.2) is 0 Å². The third kappa shape index (κ3) is 5.83. The van der Waals surface area contributed by atoms with Gasteiger partial charge in [-0.15, -0.1) is 0 Å². The molecule has 1 aromatic heterocycles. The molecule has 1 amide bonds. The van der Waals surface area contributed by atoms with Crippen LogP contribution in [0.25, 0.3) is 10.9 Å². The lowest BCUT2D eigenvalue weighted by molar-refractivity contribution is -0.117. The van der Waals surface area contributed by atoms with E-state index >= 15 is 0 Å². The van der Waals surface area contributed by atoms with Crippen LogP contribution in [0.5, 0.6) is 5.75 Å². The second-order valence-corrected chi connectivity index (χ2v) is 8.85. The normalized spacial score (nSPS) is 16.2. The van der Waals surface area contributed by atoms with Crippen molar-refractivity contribution in [1.29, 1.82) is 0 Å². The van der Waals surface area contributed by atoms with Gasteiger partial charge in [-0.25, -0.2) is 0 Å². The van der Waals surface area contributed by atoms with Gasteiger partial charge in [-0.3, -0.25) is 19.1 Å². The van der Waals surface area contributed by atoms with Gasteiger partial charge < -0.3 is 15.0 Å². The SMILES string of the molecule is CCC1CN(C=O)CN1CCCOc1cc(CCF)cc(Nc2cc(C)nc3ccccc23)c1. The molecule has 7 heteroatoms. The molecule has 0 radical (unpaired) electrons. The van der Waals surface area contributed by atoms with Crippen LogP contribution in [-0.4, -0.2) is 60.3 Å². The molecule has 1 N–H and O–H groups in total. The molecule has 0 aliphatic carbocycles. The number of hydrogen-bond acceptors (Lipinski definition) is 5. The van der Waals surface area contributed by atoms with Crippen LogP contribution in [0.15, 0.2) is 48.5 Å². The molecule has 3 aromatic rings. The molecule has 4 rings (SSSR count). The van der Waals surface area contributed by atoms with Crippen molar-refractivity contribution in [3.63, 3.8) is 0 Å². The Morgan fingerprint density at radius 3 is 2.88 bits per heavy atom. The number of aromatic nitrogens is 1. The number of aryl methyl sites for hydroxylation is 2. The Bertz CT molecular complexity index is 1120. The fourth-order valence-corrected chi connectivity index (χ4v) is 4.60. The standard InChI is InChI=1S/C27H33FN4O2/c1-3-23-17-31(19-33)18-32(23)11-6-12-34-24-15-21(9-10-28)14-22(16-24)30-27-13-20(2)29-26-8-5-4-7-25(26)27/h4-5,7-8,13-16,19,23H,3,6,9-12,17-18H2,1-2H3,(H,29,30). The molecule has 0 spiro atoms. The van der Waals surface area contributed by atoms with Gasteiger partial charge in [-0.05, 0) is 49.6 Å². The first kappa shape index (κ1) is 24.0. The number of hydrogen-bond donors (Lipinski definition) is 1. The van der Waals surface area contributed by atoms with E-state index in [4.69, 9.17) is 4.74 Å². The number of benzene rings is 2. The molecule has 180 valence electrons. The number of fused-ring (bicyclic) bond motifs is 1. The number of rotatable bonds is 11. The van der Waals surface area contributed by atoms with Crippen LogP contribution in [0.4, 0.5) is 15.8 Å². The molecular weight excluding hydrogens is 431 g/mol. The van der Waals surface area contributed by atoms with Crippen molar-refractivity contribution in [3.05, 3.63) is 59.8 Å². The Morgan fingerprint density at radius 1 is 1.24 bits per heavy atom. The van der Waals surface area contributed by atoms with Crippen molar-refractivity contribution >= 4 is 28.7 Å². The maximum Gasteiger partial charge on any atom is 0.210 e. The molecule has 1 unspecified atom stereocenters. The highest BCUT2D eigenvalue weighted by Gasteiger charge is 2.27. The van der Waals surface area contributed by atoms with Gasteiger partial charge >= 0.3 is 0 Å². The summed E-state index contributed by atoms with van der Waals surface area (Å²) in [7, 11) is 0. The molecular formula is C27H33FN4O2. The minimum atomic E-state index is -0.416. The van der Waals surface area contributed by atoms with Crippen molar-refractivity contribution in [2.24, 2.45) is 0 Å². The van der Waals surface area contributed by atoms with E-state index in [2.05, 4.69) is 22.1 Å². The number of pyridine rings is 1. The summed E-state index contributed by atoms with van der Waals surface area (Å²) in [6, 6.07) is 16.3. The summed E-state index contributed by atoms with van der Waals surface area (Å²) in [5.74, 6) is 0.728. The summed E-state index contributed by atoms with van der Waals surface area (Å²) >= 11 is 0. The Labute approximate surface area is 200 Å². The predicted octanol–water partition coefficient (Wildman–Crippen LogP) is 5.08. The van der Waals surface area contributed by atoms with Crippen LogP contribution in [0, 0.1) is 6.92 Å². The summed E-state index contributed by atoms with van der Waals surface area (Å²) < 4.78 is 19.2. The van der Waals surface area contributed by atoms with E-state index in [-0.39, 0.29) is 0 Å². The number of ether oxygens (including phenoxy) is 1. The smallest absolute Gasteiger partial charge is 0.210 e. The number of para-hydroxylation sites is 1. The van der Waals surface area contributed by atoms with Crippen LogP contribution in [0.2, 0.25) is 0 Å². The highest BCUT2D eigenvalue weighted by molar-refractivity contribution is 5.93. The van der Waals surface area contributed by atoms with Crippen LogP contribution in [0.1, 0.15) is 31.0 Å². The second kappa shape index (κ2) is 11.3. The van der Waals surface area contributed by atoms with Gasteiger partial charge in [-0.1, -0.05) is 25.1 Å². The first-order valence-corrected chi connectivity index (χ1v) is 12.0. The molecule has 1 aliphatic rings. The van der Waals surface area contributed by atoms with Crippen LogP contribution in [-0.2, 0) is 11.2 Å². The lowest BCUT2D eigenvalue weighted by Gasteiger charge is -2.21. The predicted molar refractivity (Wildman–Crippen MR) is 134 cm³/mol. The maximum absolute atomic E-state index is 13.1. The topological polar surface area (TPSA) is 57.7 Å². The molecule has 1 saturated heterocycles. The second-order valence-electron chi connectivity index (χ2n) is 8.85. The lowest BCUT2D eigenvalue weighted by Crippen LogP contribution is -2.32. The van der Waals surface area contributed by atoms with Crippen molar-refractivity contribution in [2.75, 3.05) is 38.4 Å². The van der Waals surface area contributed by atoms with Crippen molar-refractivity contribution in [2.45, 2.75) is 39.2 Å². The van der Waals surface area contributed by atoms with Crippen LogP contribution >= 0.6 is 0 Å². The van der Waals surface area contributed by atoms with E-state index < -0.39 is 6.67 Å². The average Bonchev–Trinajstić information content (AvgIpc) is 3.24. The van der Waals surface area contributed by atoms with Gasteiger partial charge in [-0.2, -0.15) is 0 Å². The summed E-state index contributed by atoms with van der Waals surface area (Å²) in [5.41, 5.74) is 4.58. The molecule has 1 atom stereocenters. The van der Waals surface area contributed by atoms with E-state index in [1.165, 1.54) is 0 Å². The summed E-state index contributed by atoms with van der Waals surface area (Å²) in [4.78, 5) is 19.9. The largest absolute Gasteiger partial charge is 0.493 e. The molecule has 34 heavy (non-hydrogen) atoms. The number of carbonyl (C=O) groups excluding carboxylic acids is 1. The Hall–Kier alpha value is -3.19. The van der Waals surface area contributed by atoms with Gasteiger partial charge in [0.1, 0.15) is 5.75 Å². The third-order valence-electron chi connectivity index (χ3n) is 6.28. The molecule has 1 aliphatic heterocycles. The van der Waals surface area contributed by atoms with E-state index in [0.29, 0.717) is 25.7 Å². The number of amides is 1. The van der Waals surface area contributed by atoms with Gasteiger partial charge in [0.05, 0.1) is 25.5 Å². The van der Waals surface area contributed by atoms with E-state index in [9.17, 15) is 9.18 Å². The first-order chi connectivity index (χ1) is 16.6. The van der Waals surface area contributed by atoms with Gasteiger partial charge in [0.2, 0.25) is 6.41 Å². The minimum Gasteiger partial charge on any atom is -0.493 e. The first-order valence-electron chi connectivity index (χ1n) is 12.0. The van der Waals surface area contributed by atoms with Crippen LogP contribution in [0.3, 0.4) is 0 Å². The third-order valence-corrected chi connectivity index (χ3v) is 6.28. The number of nitrogens with zero attached hydrogens (tertiary/aromatic N) is 3. The zero-order valence-electron chi connectivity index (χ0n) is 20.0. The molecule has 6 nitrogen and oxygen atoms in total. The number of alkyl halides is 1. The fraction of sp³-hybridized carbons (Fsp3) is 0.407. The average molecular weight is 465 g/mol. The summed E-state index contributed by atoms with van der Waals surface area (Å²) in [6.07, 6.45) is 3.15. The maximum atomic E-state index is 13.1. The zero-order valence-corrected chi connectivity index (χ0v) is 20.0. The van der Waals surface area contributed by atoms with Crippen molar-refractivity contribution < 1.29 is 13.9 Å². The van der Waals surface area contributed by atoms with E-state index in [1.807, 2.05) is 60.4 Å². The zero-order chi connectivity index (χ0) is 23.9. The van der Waals surface area contributed by atoms with Gasteiger partial charge in [0, 0.05) is 54.1 Å². The molecule has 0 saturated carbocycles. The summed E-state index contributed by atoms with van der Waals surface area (Å²) in [5, 5.41) is 4.53. The summed E-state index contributed by atoms with van der Waals surface area (Å²) in [6.45, 7) is 6.63. The highest BCUT2D eigenvalue weighted by atomic mass is 19.1. The number of nitrogens with one attached hydrogen (secondary N) is 1. The molecule has 0 bridgehead atoms. The highest BCUT2D eigenvalue weighted by Crippen LogP contribution is 2.29. The Morgan fingerprint density at radius 2 is 2.09 bits per heavy atom. The van der Waals surface area contributed by atoms with Gasteiger partial charge in [0.25, 0.3) is 0 Å². The number of anilines is 2. The van der Waals surface area contributed by atoms with Crippen LogP contribution < -0.4 is 10.1 Å². The quantitative estimate of drug-likeness (QED) is 0.317. The Balaban J connectivity index is 1.44. The van der Waals surface area contributed by atoms with E-state index in [1.54, 1.807) is 0 Å². The van der Waals surface area contributed by atoms with E-state index in [0.717, 1.165) is 71.6 Å². The Kier molecular flexibility index (Phi) is 7.95.